The fourth-order valence-corrected chi connectivity index (χ4v) is 4.18. The van der Waals surface area contributed by atoms with Gasteiger partial charge in [0.25, 0.3) is 0 Å². The highest BCUT2D eigenvalue weighted by Crippen LogP contribution is 2.40. The smallest absolute Gasteiger partial charge is 0.175 e. The second-order valence-corrected chi connectivity index (χ2v) is 9.50. The van der Waals surface area contributed by atoms with Crippen molar-refractivity contribution in [1.29, 1.82) is 0 Å². The lowest BCUT2D eigenvalue weighted by atomic mass is 9.87. The highest BCUT2D eigenvalue weighted by Gasteiger charge is 2.39. The van der Waals surface area contributed by atoms with Crippen LogP contribution in [-0.4, -0.2) is 38.6 Å². The van der Waals surface area contributed by atoms with Gasteiger partial charge in [-0.3, -0.25) is 0 Å². The monoisotopic (exact) mass is 388 g/mol. The van der Waals surface area contributed by atoms with Gasteiger partial charge in [-0.25, -0.2) is 13.4 Å². The standard InChI is InChI=1S/C19H24N4O3S/c1-19(23-12-4-5-12)11-17(22-18-14(19)8-9-20-18)21-15-7-6-13(27(3,24)25)10-16(15)26-2/h6-10,12,20,23H,4-5,11H2,1-3H3,(H,21,22). The number of nitrogens with one attached hydrogen (secondary N) is 3. The van der Waals surface area contributed by atoms with Crippen molar-refractivity contribution in [3.05, 3.63) is 36.0 Å². The van der Waals surface area contributed by atoms with Crippen LogP contribution in [0.1, 0.15) is 31.7 Å². The summed E-state index contributed by atoms with van der Waals surface area (Å²) in [7, 11) is -1.77. The van der Waals surface area contributed by atoms with E-state index < -0.39 is 9.84 Å². The molecule has 0 radical (unpaired) electrons. The van der Waals surface area contributed by atoms with Crippen molar-refractivity contribution in [2.24, 2.45) is 4.99 Å². The summed E-state index contributed by atoms with van der Waals surface area (Å²) in [6.07, 6.45) is 6.20. The Hall–Kier alpha value is -2.32. The van der Waals surface area contributed by atoms with Gasteiger partial charge in [-0.1, -0.05) is 0 Å². The van der Waals surface area contributed by atoms with E-state index >= 15 is 0 Å². The predicted molar refractivity (Wildman–Crippen MR) is 106 cm³/mol. The molecular weight excluding hydrogens is 364 g/mol. The Morgan fingerprint density at radius 3 is 2.74 bits per heavy atom. The molecule has 1 aliphatic carbocycles. The minimum absolute atomic E-state index is 0.208. The Balaban J connectivity index is 1.65. The molecule has 0 amide bonds. The summed E-state index contributed by atoms with van der Waals surface area (Å²) in [6, 6.07) is 7.45. The third kappa shape index (κ3) is 3.59. The van der Waals surface area contributed by atoms with Gasteiger partial charge < -0.3 is 20.4 Å². The van der Waals surface area contributed by atoms with E-state index in [0.717, 1.165) is 11.7 Å². The quantitative estimate of drug-likeness (QED) is 0.732. The second-order valence-electron chi connectivity index (χ2n) is 7.49. The van der Waals surface area contributed by atoms with Crippen LogP contribution >= 0.6 is 0 Å². The maximum atomic E-state index is 11.8. The number of nitrogens with zero attached hydrogens (tertiary/aromatic N) is 1. The number of sulfone groups is 1. The Morgan fingerprint density at radius 2 is 2.07 bits per heavy atom. The van der Waals surface area contributed by atoms with E-state index in [4.69, 9.17) is 9.73 Å². The highest BCUT2D eigenvalue weighted by atomic mass is 32.2. The molecule has 1 aromatic heterocycles. The van der Waals surface area contributed by atoms with Crippen LogP contribution in [0.4, 0.5) is 11.5 Å². The second kappa shape index (κ2) is 6.38. The predicted octanol–water partition coefficient (Wildman–Crippen LogP) is 2.94. The van der Waals surface area contributed by atoms with Crippen molar-refractivity contribution in [1.82, 2.24) is 10.3 Å². The molecule has 3 N–H and O–H groups in total. The molecular formula is C19H24N4O3S. The summed E-state index contributed by atoms with van der Waals surface area (Å²) in [6.45, 7) is 2.19. The Bertz CT molecular complexity index is 1010. The zero-order valence-corrected chi connectivity index (χ0v) is 16.5. The van der Waals surface area contributed by atoms with Gasteiger partial charge in [-0.15, -0.1) is 0 Å². The lowest BCUT2D eigenvalue weighted by Gasteiger charge is -2.35. The lowest BCUT2D eigenvalue weighted by molar-refractivity contribution is 0.372. The number of hydrogen-bond acceptors (Lipinski definition) is 6. The van der Waals surface area contributed by atoms with Crippen molar-refractivity contribution in [3.63, 3.8) is 0 Å². The van der Waals surface area contributed by atoms with Crippen LogP contribution in [0.3, 0.4) is 0 Å². The molecule has 1 aromatic carbocycles. The van der Waals surface area contributed by atoms with Gasteiger partial charge in [0.05, 0.1) is 23.2 Å². The summed E-state index contributed by atoms with van der Waals surface area (Å²) in [5, 5.41) is 7.06. The summed E-state index contributed by atoms with van der Waals surface area (Å²) in [5.41, 5.74) is 1.65. The Morgan fingerprint density at radius 1 is 1.30 bits per heavy atom. The SMILES string of the molecule is COc1cc(S(C)(=O)=O)ccc1NC1=Nc2[nH]ccc2C(C)(NC2CC2)C1. The molecule has 0 saturated heterocycles. The number of hydrogen-bond donors (Lipinski definition) is 3. The van der Waals surface area contributed by atoms with E-state index in [1.54, 1.807) is 12.1 Å². The van der Waals surface area contributed by atoms with Crippen molar-refractivity contribution in [2.45, 2.75) is 42.7 Å². The molecule has 4 rings (SSSR count). The first kappa shape index (κ1) is 18.1. The van der Waals surface area contributed by atoms with Gasteiger partial charge in [0, 0.05) is 36.5 Å². The fraction of sp³-hybridized carbons (Fsp3) is 0.421. The molecule has 8 heteroatoms. The molecule has 1 aliphatic heterocycles. The number of amidine groups is 1. The number of benzene rings is 1. The van der Waals surface area contributed by atoms with Gasteiger partial charge in [-0.05, 0) is 38.0 Å². The summed E-state index contributed by atoms with van der Waals surface area (Å²) in [4.78, 5) is 8.13. The summed E-state index contributed by atoms with van der Waals surface area (Å²) < 4.78 is 29.0. The molecule has 2 aromatic rings. The van der Waals surface area contributed by atoms with Gasteiger partial charge >= 0.3 is 0 Å². The first-order valence-corrected chi connectivity index (χ1v) is 10.9. The van der Waals surface area contributed by atoms with Crippen molar-refractivity contribution in [3.8, 4) is 5.75 Å². The maximum Gasteiger partial charge on any atom is 0.175 e. The number of aromatic nitrogens is 1. The largest absolute Gasteiger partial charge is 0.495 e. The molecule has 2 heterocycles. The minimum atomic E-state index is -3.30. The molecule has 1 saturated carbocycles. The van der Waals surface area contributed by atoms with E-state index in [-0.39, 0.29) is 10.4 Å². The molecule has 2 aliphatic rings. The van der Waals surface area contributed by atoms with E-state index in [9.17, 15) is 8.42 Å². The fourth-order valence-electron chi connectivity index (χ4n) is 3.54. The molecule has 0 spiro atoms. The lowest BCUT2D eigenvalue weighted by Crippen LogP contribution is -2.45. The summed E-state index contributed by atoms with van der Waals surface area (Å²) in [5.74, 6) is 2.10. The van der Waals surface area contributed by atoms with E-state index in [2.05, 4.69) is 28.6 Å². The van der Waals surface area contributed by atoms with Gasteiger partial charge in [0.15, 0.2) is 9.84 Å². The van der Waals surface area contributed by atoms with Crippen molar-refractivity contribution < 1.29 is 13.2 Å². The number of aliphatic imine (C=N–C) groups is 1. The summed E-state index contributed by atoms with van der Waals surface area (Å²) >= 11 is 0. The zero-order chi connectivity index (χ0) is 19.2. The number of anilines is 1. The Labute approximate surface area is 159 Å². The third-order valence-electron chi connectivity index (χ3n) is 5.07. The highest BCUT2D eigenvalue weighted by molar-refractivity contribution is 7.90. The zero-order valence-electron chi connectivity index (χ0n) is 15.7. The van der Waals surface area contributed by atoms with Gasteiger partial charge in [-0.2, -0.15) is 0 Å². The number of H-pyrrole nitrogens is 1. The number of aromatic amines is 1. The van der Waals surface area contributed by atoms with Gasteiger partial charge in [0.1, 0.15) is 17.4 Å². The maximum absolute atomic E-state index is 11.8. The van der Waals surface area contributed by atoms with Crippen molar-refractivity contribution >= 4 is 27.2 Å². The van der Waals surface area contributed by atoms with Crippen LogP contribution in [0.25, 0.3) is 0 Å². The van der Waals surface area contributed by atoms with E-state index in [1.165, 1.54) is 37.8 Å². The third-order valence-corrected chi connectivity index (χ3v) is 6.18. The topological polar surface area (TPSA) is 95.6 Å². The molecule has 0 bridgehead atoms. The van der Waals surface area contributed by atoms with Crippen LogP contribution in [0, 0.1) is 0 Å². The minimum Gasteiger partial charge on any atom is -0.495 e. The average molecular weight is 388 g/mol. The van der Waals surface area contributed by atoms with Gasteiger partial charge in [0.2, 0.25) is 0 Å². The molecule has 1 unspecified atom stereocenters. The Kier molecular flexibility index (Phi) is 4.27. The van der Waals surface area contributed by atoms with E-state index in [0.29, 0.717) is 23.9 Å². The molecule has 1 fully saturated rings. The molecule has 144 valence electrons. The number of ether oxygens (including phenoxy) is 1. The van der Waals surface area contributed by atoms with Crippen LogP contribution in [-0.2, 0) is 15.4 Å². The van der Waals surface area contributed by atoms with Crippen LogP contribution in [0.5, 0.6) is 5.75 Å². The van der Waals surface area contributed by atoms with Crippen molar-refractivity contribution in [2.75, 3.05) is 18.7 Å². The number of rotatable bonds is 5. The van der Waals surface area contributed by atoms with Crippen LogP contribution in [0.2, 0.25) is 0 Å². The van der Waals surface area contributed by atoms with Crippen LogP contribution in [0.15, 0.2) is 40.4 Å². The number of fused-ring (bicyclic) bond motifs is 1. The molecule has 7 nitrogen and oxygen atoms in total. The normalized spacial score (nSPS) is 22.1. The van der Waals surface area contributed by atoms with E-state index in [1.807, 2.05) is 6.20 Å². The van der Waals surface area contributed by atoms with Crippen LogP contribution < -0.4 is 15.4 Å². The number of methoxy groups -OCH3 is 1. The average Bonchev–Trinajstić information content (AvgIpc) is 3.26. The molecule has 27 heavy (non-hydrogen) atoms. The first-order valence-electron chi connectivity index (χ1n) is 8.97. The first-order chi connectivity index (χ1) is 12.8. The molecule has 1 atom stereocenters.